The fraction of sp³-hybridized carbons (Fsp3) is 0.500. The molecule has 0 saturated carbocycles. The maximum Gasteiger partial charge on any atom is 0.133 e. The molecule has 0 radical (unpaired) electrons. The van der Waals surface area contributed by atoms with Crippen molar-refractivity contribution in [2.45, 2.75) is 94.3 Å². The number of nitrogens with zero attached hydrogens (tertiary/aromatic N) is 2. The molecule has 0 saturated heterocycles. The summed E-state index contributed by atoms with van der Waals surface area (Å²) < 4.78 is 54.5. The Balaban J connectivity index is -0.0000000108. The highest BCUT2D eigenvalue weighted by molar-refractivity contribution is 6.13. The van der Waals surface area contributed by atoms with Crippen molar-refractivity contribution in [2.24, 2.45) is 5.16 Å². The Hall–Kier alpha value is -2.66. The summed E-state index contributed by atoms with van der Waals surface area (Å²) in [6.45, 7) is 22.3. The number of oxime groups is 1. The molecule has 0 fully saturated rings. The van der Waals surface area contributed by atoms with E-state index in [1.807, 2.05) is 41.5 Å². The van der Waals surface area contributed by atoms with Crippen LogP contribution in [0.3, 0.4) is 0 Å². The third-order valence-electron chi connectivity index (χ3n) is 6.72. The van der Waals surface area contributed by atoms with Gasteiger partial charge in [0.15, 0.2) is 0 Å². The molecule has 0 aliphatic heterocycles. The van der Waals surface area contributed by atoms with Gasteiger partial charge in [-0.3, -0.25) is 4.90 Å². The molecule has 0 spiro atoms. The van der Waals surface area contributed by atoms with Crippen molar-refractivity contribution in [3.8, 4) is 5.75 Å². The highest BCUT2D eigenvalue weighted by atomic mass is 19.1. The number of benzene rings is 2. The van der Waals surface area contributed by atoms with Gasteiger partial charge in [0.05, 0.1) is 1.37 Å². The zero-order valence-corrected chi connectivity index (χ0v) is 23.3. The average molecular weight is 566 g/mol. The third kappa shape index (κ3) is 6.72. The van der Waals surface area contributed by atoms with E-state index in [0.29, 0.717) is 24.3 Å². The van der Waals surface area contributed by atoms with Crippen LogP contribution in [0.2, 0.25) is 0 Å². The third-order valence-corrected chi connectivity index (χ3v) is 6.72. The molecule has 1 unspecified atom stereocenters. The second kappa shape index (κ2) is 11.9. The zero-order valence-electron chi connectivity index (χ0n) is 30.3. The smallest absolute Gasteiger partial charge is 0.133 e. The summed E-state index contributed by atoms with van der Waals surface area (Å²) in [4.78, 5) is 8.18. The lowest BCUT2D eigenvalue weighted by Gasteiger charge is -2.35. The highest BCUT2D eigenvalue weighted by Crippen LogP contribution is 2.29. The normalized spacial score (nSPS) is 15.2. The molecule has 35 heavy (non-hydrogen) atoms. The average Bonchev–Trinajstić information content (AvgIpc) is 2.92. The second-order valence-corrected chi connectivity index (χ2v) is 10.2. The molecule has 1 atom stereocenters. The van der Waals surface area contributed by atoms with Crippen LogP contribution in [0, 0.1) is 40.4 Å². The predicted octanol–water partition coefficient (Wildman–Crippen LogP) is 16.8. The molecule has 2 aromatic carbocycles. The second-order valence-electron chi connectivity index (χ2n) is 10.2. The van der Waals surface area contributed by atoms with Gasteiger partial charge in [-0.1, -0.05) is 5.16 Å². The minimum atomic E-state index is -0.423. The van der Waals surface area contributed by atoms with Gasteiger partial charge in [-0.25, -0.2) is 4.39 Å². The molecular weight excluding hydrogens is 439 g/mol. The number of halogens is 1. The number of allylic oxidation sites excluding steroid dienone is 2. The van der Waals surface area contributed by atoms with Crippen molar-refractivity contribution in [2.75, 3.05) is 6.61 Å². The summed E-state index contributed by atoms with van der Waals surface area (Å²) in [6.07, 6.45) is 0. The van der Waals surface area contributed by atoms with Crippen LogP contribution in [-0.2, 0) is 4.84 Å². The highest BCUT2D eigenvalue weighted by Gasteiger charge is 2.21. The van der Waals surface area contributed by atoms with E-state index in [1.54, 1.807) is 12.1 Å². The van der Waals surface area contributed by atoms with E-state index in [1.165, 1.54) is 6.07 Å². The first-order valence-corrected chi connectivity index (χ1v) is 12.4. The van der Waals surface area contributed by atoms with Crippen LogP contribution in [0.1, 0.15) is 141 Å². The summed E-state index contributed by atoms with van der Waals surface area (Å²) in [5.74, 6) is -0.246. The summed E-state index contributed by atoms with van der Waals surface area (Å²) in [6, 6.07) is 5.68. The van der Waals surface area contributed by atoms with Crippen molar-refractivity contribution >= 4 is 11.3 Å². The molecule has 0 aromatic heterocycles. The Morgan fingerprint density at radius 1 is 1.06 bits per heavy atom. The van der Waals surface area contributed by atoms with Gasteiger partial charge in [0.25, 0.3) is 0 Å². The van der Waals surface area contributed by atoms with E-state index in [-0.39, 0.29) is 79.1 Å². The van der Waals surface area contributed by atoms with Crippen LogP contribution in [0.25, 0.3) is 5.57 Å². The molecule has 0 amide bonds. The summed E-state index contributed by atoms with van der Waals surface area (Å²) in [7, 11) is 0. The predicted molar refractivity (Wildman–Crippen MR) is 226 cm³/mol. The van der Waals surface area contributed by atoms with E-state index in [9.17, 15) is 5.11 Å². The van der Waals surface area contributed by atoms with Gasteiger partial charge >= 0.3 is 0 Å². The summed E-state index contributed by atoms with van der Waals surface area (Å²) in [5.41, 5.74) is 6.17. The van der Waals surface area contributed by atoms with Crippen molar-refractivity contribution in [3.63, 3.8) is 0 Å². The minimum absolute atomic E-state index is 0. The van der Waals surface area contributed by atoms with E-state index in [0.717, 1.165) is 33.4 Å². The van der Waals surface area contributed by atoms with Crippen LogP contribution in [0.5, 0.6) is 5.75 Å². The van der Waals surface area contributed by atoms with Crippen molar-refractivity contribution in [1.82, 2.24) is 4.90 Å². The molecule has 0 aliphatic rings. The molecule has 0 bridgehead atoms. The molecule has 0 aliphatic carbocycles. The SMILES string of the molecule is [2H]C(/C(=N/OCC(C)N(C(C)C)C(C)C)c1c(F)cc(C)c(C)c1C)=C(/C)c1c(C)cc(O)cc1C.[2H][2H].[2H][2H].[2H][2H].[HH].[HH].[HH].[HH].[HH].[HH].[HH].[HH].[HH].[HH].[HH].[HH].[HH].[HH].[HH].[HH].[HH].[HH].[HH].[HH].[HH].[HH].[HH].[HH].[HH].[HH].[HH].[HH].[HH].[HH].[HH].[HH].[HH].[HH].[HH]. The fourth-order valence-corrected chi connectivity index (χ4v) is 5.14. The molecule has 0 heterocycles. The lowest BCUT2D eigenvalue weighted by atomic mass is 9.91. The number of phenols is 1. The van der Waals surface area contributed by atoms with Crippen LogP contribution in [0.15, 0.2) is 29.4 Å². The molecule has 1 N–H and O–H groups in total. The maximum atomic E-state index is 15.4. The quantitative estimate of drug-likeness (QED) is 0.243. The van der Waals surface area contributed by atoms with E-state index in [2.05, 4.69) is 44.7 Å². The number of hydrogen-bond acceptors (Lipinski definition) is 4. The molecule has 268 valence electrons. The number of aryl methyl sites for hydroxylation is 3. The van der Waals surface area contributed by atoms with Crippen LogP contribution in [0.4, 0.5) is 4.39 Å². The Labute approximate surface area is 274 Å². The minimum Gasteiger partial charge on any atom is -0.508 e. The number of aromatic hydroxyl groups is 1. The number of hydrogen-bond donors (Lipinski definition) is 1. The monoisotopic (exact) mass is 566 g/mol. The molecule has 2 aromatic rings. The van der Waals surface area contributed by atoms with E-state index < -0.39 is 5.82 Å². The van der Waals surface area contributed by atoms with Gasteiger partial charge < -0.3 is 9.94 Å². The molecule has 4 nitrogen and oxygen atoms in total. The summed E-state index contributed by atoms with van der Waals surface area (Å²) >= 11 is 0. The Kier molecular flexibility index (Phi) is 7.71. The number of phenolic OH excluding ortho intramolecular Hbond substituents is 1. The largest absolute Gasteiger partial charge is 0.508 e. The van der Waals surface area contributed by atoms with Gasteiger partial charge in [-0.2, -0.15) is 0 Å². The lowest BCUT2D eigenvalue weighted by Crippen LogP contribution is -2.45. The Bertz CT molecular complexity index is 1210. The Morgan fingerprint density at radius 3 is 2.11 bits per heavy atom. The summed E-state index contributed by atoms with van der Waals surface area (Å²) in [5, 5.41) is 14.4. The standard InChI is InChI=1S/C30H43FN2O2.38H2/c1-17(2)33(18(3)4)23(9)16-35-32-28(30-25(11)24(10)19(5)14-27(30)31)15-22(8)29-20(6)12-26(34)13-21(29)7;;;;;;;;;;;;;;;;;;;;;;;;;;;;;;;;;;;;;;/h12-15,17-18,23,34H,16H2,1-11H3;38*1H/b22-15+,32-28-;;;;;;;;;;;;;;;;;;;;;;;;;;;;;;;;;;;;;;/i15D;3*1+1D;;;;;;;;;;;;;;;;;;;;;;;;;;;;;;;;;;;. The molecular formula is C30H119FN2O2. The van der Waals surface area contributed by atoms with Gasteiger partial charge in [0.2, 0.25) is 0 Å². The maximum absolute atomic E-state index is 15.4. The first kappa shape index (κ1) is 22.8. The van der Waals surface area contributed by atoms with E-state index in [4.69, 9.17) is 15.1 Å². The van der Waals surface area contributed by atoms with Gasteiger partial charge in [-0.15, -0.1) is 0 Å². The van der Waals surface area contributed by atoms with Gasteiger partial charge in [0, 0.05) is 82.5 Å². The topological polar surface area (TPSA) is 45.1 Å². The molecule has 2 rings (SSSR count). The van der Waals surface area contributed by atoms with Crippen LogP contribution >= 0.6 is 0 Å². The number of rotatable bonds is 9. The van der Waals surface area contributed by atoms with E-state index >= 15 is 4.39 Å². The van der Waals surface area contributed by atoms with Crippen molar-refractivity contribution in [1.29, 1.82) is 0 Å². The first-order valence-electron chi connectivity index (χ1n) is 15.9. The van der Waals surface area contributed by atoms with Gasteiger partial charge in [-0.05, 0) is 139 Å². The Morgan fingerprint density at radius 2 is 1.60 bits per heavy atom. The first-order chi connectivity index (χ1) is 19.7. The lowest BCUT2D eigenvalue weighted by molar-refractivity contribution is 0.0386. The van der Waals surface area contributed by atoms with Gasteiger partial charge in [0.1, 0.15) is 23.9 Å². The van der Waals surface area contributed by atoms with Crippen LogP contribution in [-0.4, -0.2) is 40.5 Å². The zero-order chi connectivity index (χ0) is 33.5. The van der Waals surface area contributed by atoms with Crippen molar-refractivity contribution in [3.05, 3.63) is 69.0 Å². The van der Waals surface area contributed by atoms with Crippen molar-refractivity contribution < 1.29 is 74.5 Å². The fourth-order valence-electron chi connectivity index (χ4n) is 5.14. The molecule has 5 heteroatoms. The van der Waals surface area contributed by atoms with Crippen LogP contribution < -0.4 is 0 Å².